The van der Waals surface area contributed by atoms with Gasteiger partial charge in [0.25, 0.3) is 5.91 Å². The van der Waals surface area contributed by atoms with Crippen molar-refractivity contribution < 1.29 is 9.59 Å². The first-order chi connectivity index (χ1) is 9.47. The highest BCUT2D eigenvalue weighted by Gasteiger charge is 2.20. The van der Waals surface area contributed by atoms with Gasteiger partial charge in [-0.05, 0) is 59.4 Å². The van der Waals surface area contributed by atoms with Gasteiger partial charge in [0.2, 0.25) is 5.91 Å². The third-order valence-corrected chi connectivity index (χ3v) is 4.50. The molecule has 1 aliphatic rings. The van der Waals surface area contributed by atoms with E-state index in [4.69, 9.17) is 12.2 Å². The number of rotatable bonds is 1. The number of hydrogen-bond acceptors (Lipinski definition) is 3. The number of halogens is 1. The van der Waals surface area contributed by atoms with E-state index in [9.17, 15) is 9.59 Å². The first kappa shape index (κ1) is 15.2. The smallest absolute Gasteiger partial charge is 0.257 e. The van der Waals surface area contributed by atoms with Gasteiger partial charge in [-0.2, -0.15) is 0 Å². The van der Waals surface area contributed by atoms with Crippen molar-refractivity contribution in [1.29, 1.82) is 0 Å². The van der Waals surface area contributed by atoms with Crippen LogP contribution in [0.5, 0.6) is 0 Å². The molecular formula is C13H14IN3O2S. The van der Waals surface area contributed by atoms with E-state index in [0.29, 0.717) is 23.8 Å². The van der Waals surface area contributed by atoms with Gasteiger partial charge in [0.05, 0.1) is 6.54 Å². The van der Waals surface area contributed by atoms with Crippen molar-refractivity contribution in [3.05, 3.63) is 32.9 Å². The molecule has 0 bridgehead atoms. The zero-order chi connectivity index (χ0) is 14.7. The minimum atomic E-state index is -0.251. The second-order valence-corrected chi connectivity index (χ2v) is 6.04. The van der Waals surface area contributed by atoms with Crippen LogP contribution in [0.25, 0.3) is 0 Å². The molecule has 1 aromatic rings. The summed E-state index contributed by atoms with van der Waals surface area (Å²) in [4.78, 5) is 25.1. The van der Waals surface area contributed by atoms with Crippen LogP contribution < -0.4 is 10.6 Å². The zero-order valence-corrected chi connectivity index (χ0v) is 13.9. The van der Waals surface area contributed by atoms with E-state index in [1.165, 1.54) is 0 Å². The molecule has 106 valence electrons. The Labute approximate surface area is 136 Å². The van der Waals surface area contributed by atoms with Gasteiger partial charge in [0, 0.05) is 22.2 Å². The van der Waals surface area contributed by atoms with Crippen LogP contribution in [0.15, 0.2) is 18.2 Å². The van der Waals surface area contributed by atoms with E-state index in [0.717, 1.165) is 9.13 Å². The van der Waals surface area contributed by atoms with Crippen molar-refractivity contribution in [3.63, 3.8) is 0 Å². The summed E-state index contributed by atoms with van der Waals surface area (Å²) in [5.41, 5.74) is 1.68. The fourth-order valence-corrected chi connectivity index (χ4v) is 2.56. The van der Waals surface area contributed by atoms with Crippen molar-refractivity contribution in [3.8, 4) is 0 Å². The van der Waals surface area contributed by atoms with E-state index >= 15 is 0 Å². The average molecular weight is 403 g/mol. The molecule has 1 aliphatic heterocycles. The minimum Gasteiger partial charge on any atom is -0.353 e. The molecule has 2 N–H and O–H groups in total. The first-order valence-corrected chi connectivity index (χ1v) is 7.59. The number of thiocarbonyl (C=S) groups is 1. The summed E-state index contributed by atoms with van der Waals surface area (Å²) < 4.78 is 1.03. The van der Waals surface area contributed by atoms with Crippen LogP contribution in [0, 0.1) is 10.5 Å². The van der Waals surface area contributed by atoms with Gasteiger partial charge < -0.3 is 10.2 Å². The molecule has 0 spiro atoms. The standard InChI is InChI=1S/C13H14IN3O2S/c1-8-2-3-9(6-10(8)14)12(19)16-13(20)17-5-4-15-11(18)7-17/h2-3,6H,4-5,7H2,1H3,(H,15,18)(H,16,19,20). The molecule has 1 saturated heterocycles. The number of nitrogens with zero attached hydrogens (tertiary/aromatic N) is 1. The second kappa shape index (κ2) is 6.49. The number of amides is 2. The lowest BCUT2D eigenvalue weighted by atomic mass is 10.1. The largest absolute Gasteiger partial charge is 0.353 e. The monoisotopic (exact) mass is 403 g/mol. The van der Waals surface area contributed by atoms with Crippen molar-refractivity contribution in [2.45, 2.75) is 6.92 Å². The van der Waals surface area contributed by atoms with Crippen LogP contribution in [0.1, 0.15) is 15.9 Å². The third-order valence-electron chi connectivity index (χ3n) is 2.98. The number of piperazine rings is 1. The van der Waals surface area contributed by atoms with Crippen LogP contribution >= 0.6 is 34.8 Å². The highest BCUT2D eigenvalue weighted by atomic mass is 127. The van der Waals surface area contributed by atoms with E-state index in [1.807, 2.05) is 19.1 Å². The molecule has 0 aromatic heterocycles. The zero-order valence-electron chi connectivity index (χ0n) is 10.9. The third kappa shape index (κ3) is 3.66. The summed E-state index contributed by atoms with van der Waals surface area (Å²) in [6.07, 6.45) is 0. The number of hydrogen-bond donors (Lipinski definition) is 2. The first-order valence-electron chi connectivity index (χ1n) is 6.10. The second-order valence-electron chi connectivity index (χ2n) is 4.49. The SMILES string of the molecule is Cc1ccc(C(=O)NC(=S)N2CCNC(=O)C2)cc1I. The molecule has 0 unspecified atom stereocenters. The fourth-order valence-electron chi connectivity index (χ4n) is 1.79. The normalized spacial score (nSPS) is 14.7. The quantitative estimate of drug-likeness (QED) is 0.544. The van der Waals surface area contributed by atoms with Crippen molar-refractivity contribution in [1.82, 2.24) is 15.5 Å². The maximum atomic E-state index is 12.1. The van der Waals surface area contributed by atoms with Gasteiger partial charge in [0.15, 0.2) is 5.11 Å². The number of carbonyl (C=O) groups excluding carboxylic acids is 2. The summed E-state index contributed by atoms with van der Waals surface area (Å²) >= 11 is 7.36. The Hall–Kier alpha value is -1.22. The minimum absolute atomic E-state index is 0.0854. The van der Waals surface area contributed by atoms with Gasteiger partial charge in [-0.15, -0.1) is 0 Å². The van der Waals surface area contributed by atoms with Crippen LogP contribution in [-0.2, 0) is 4.79 Å². The summed E-state index contributed by atoms with van der Waals surface area (Å²) in [6.45, 7) is 3.32. The Morgan fingerprint density at radius 2 is 2.25 bits per heavy atom. The van der Waals surface area contributed by atoms with Crippen molar-refractivity contribution >= 4 is 51.7 Å². The predicted molar refractivity (Wildman–Crippen MR) is 88.5 cm³/mol. The highest BCUT2D eigenvalue weighted by molar-refractivity contribution is 14.1. The van der Waals surface area contributed by atoms with Gasteiger partial charge in [-0.1, -0.05) is 6.07 Å². The number of nitrogens with one attached hydrogen (secondary N) is 2. The number of benzene rings is 1. The van der Waals surface area contributed by atoms with Crippen LogP contribution in [0.4, 0.5) is 0 Å². The molecule has 2 amide bonds. The molecule has 7 heteroatoms. The van der Waals surface area contributed by atoms with Gasteiger partial charge in [0.1, 0.15) is 0 Å². The van der Waals surface area contributed by atoms with E-state index in [1.54, 1.807) is 11.0 Å². The van der Waals surface area contributed by atoms with Gasteiger partial charge >= 0.3 is 0 Å². The van der Waals surface area contributed by atoms with Crippen LogP contribution in [0.3, 0.4) is 0 Å². The summed E-state index contributed by atoms with van der Waals surface area (Å²) in [5.74, 6) is -0.336. The molecule has 1 heterocycles. The molecule has 1 fully saturated rings. The van der Waals surface area contributed by atoms with Gasteiger partial charge in [-0.25, -0.2) is 0 Å². The van der Waals surface area contributed by atoms with Crippen LogP contribution in [0.2, 0.25) is 0 Å². The Balaban J connectivity index is 2.01. The Morgan fingerprint density at radius 1 is 1.50 bits per heavy atom. The molecular weight excluding hydrogens is 389 g/mol. The van der Waals surface area contributed by atoms with E-state index < -0.39 is 0 Å². The Kier molecular flexibility index (Phi) is 4.92. The lowest BCUT2D eigenvalue weighted by Crippen LogP contribution is -2.53. The summed E-state index contributed by atoms with van der Waals surface area (Å²) in [6, 6.07) is 5.48. The molecule has 0 radical (unpaired) electrons. The number of carbonyl (C=O) groups is 2. The van der Waals surface area contributed by atoms with Gasteiger partial charge in [-0.3, -0.25) is 14.9 Å². The molecule has 0 saturated carbocycles. The van der Waals surface area contributed by atoms with E-state index in [2.05, 4.69) is 33.2 Å². The van der Waals surface area contributed by atoms with Crippen molar-refractivity contribution in [2.75, 3.05) is 19.6 Å². The Morgan fingerprint density at radius 3 is 2.90 bits per heavy atom. The van der Waals surface area contributed by atoms with E-state index in [-0.39, 0.29) is 18.4 Å². The number of aryl methyl sites for hydroxylation is 1. The molecule has 0 aliphatic carbocycles. The lowest BCUT2D eigenvalue weighted by Gasteiger charge is -2.28. The molecule has 1 aromatic carbocycles. The maximum Gasteiger partial charge on any atom is 0.257 e. The van der Waals surface area contributed by atoms with Crippen LogP contribution in [-0.4, -0.2) is 41.5 Å². The lowest BCUT2D eigenvalue weighted by molar-refractivity contribution is -0.122. The maximum absolute atomic E-state index is 12.1. The summed E-state index contributed by atoms with van der Waals surface area (Å²) in [7, 11) is 0. The molecule has 0 atom stereocenters. The van der Waals surface area contributed by atoms with Crippen molar-refractivity contribution in [2.24, 2.45) is 0 Å². The highest BCUT2D eigenvalue weighted by Crippen LogP contribution is 2.13. The molecule has 5 nitrogen and oxygen atoms in total. The summed E-state index contributed by atoms with van der Waals surface area (Å²) in [5, 5.41) is 5.67. The molecule has 20 heavy (non-hydrogen) atoms. The Bertz CT molecular complexity index is 577. The topological polar surface area (TPSA) is 61.4 Å². The molecule has 2 rings (SSSR count). The fraction of sp³-hybridized carbons (Fsp3) is 0.308. The average Bonchev–Trinajstić information content (AvgIpc) is 2.41. The predicted octanol–water partition coefficient (Wildman–Crippen LogP) is 1.05.